The van der Waals surface area contributed by atoms with Gasteiger partial charge in [0.2, 0.25) is 0 Å². The number of aromatic nitrogens is 2. The van der Waals surface area contributed by atoms with Gasteiger partial charge >= 0.3 is 6.09 Å². The van der Waals surface area contributed by atoms with E-state index in [-0.39, 0.29) is 12.1 Å². The third kappa shape index (κ3) is 4.08. The van der Waals surface area contributed by atoms with Gasteiger partial charge < -0.3 is 14.5 Å². The molecule has 1 saturated heterocycles. The number of nitrogens with zero attached hydrogens (tertiary/aromatic N) is 4. The fourth-order valence-electron chi connectivity index (χ4n) is 2.68. The van der Waals surface area contributed by atoms with Crippen LogP contribution in [0.1, 0.15) is 39.3 Å². The molecule has 1 fully saturated rings. The van der Waals surface area contributed by atoms with Gasteiger partial charge in [0, 0.05) is 38.6 Å². The van der Waals surface area contributed by atoms with Crippen molar-refractivity contribution in [3.8, 4) is 0 Å². The summed E-state index contributed by atoms with van der Waals surface area (Å²) < 4.78 is 5.48. The molecule has 0 saturated carbocycles. The van der Waals surface area contributed by atoms with E-state index in [2.05, 4.69) is 14.9 Å². The normalized spacial score (nSPS) is 19.0. The van der Waals surface area contributed by atoms with E-state index in [1.807, 2.05) is 34.7 Å². The van der Waals surface area contributed by atoms with E-state index < -0.39 is 5.60 Å². The average Bonchev–Trinajstić information content (AvgIpc) is 2.45. The van der Waals surface area contributed by atoms with Crippen LogP contribution in [0.25, 0.3) is 0 Å². The molecule has 0 aromatic carbocycles. The highest BCUT2D eigenvalue weighted by molar-refractivity contribution is 5.68. The number of amides is 1. The summed E-state index contributed by atoms with van der Waals surface area (Å²) in [5.74, 6) is 0.874. The SMILES string of the molecule is Cc1nccnc1N(C)C1CCCN(C(=O)OC(C)(C)C)C1. The number of aryl methyl sites for hydroxylation is 1. The number of piperidine rings is 1. The first-order valence-corrected chi connectivity index (χ1v) is 7.76. The Morgan fingerprint density at radius 2 is 2.05 bits per heavy atom. The Labute approximate surface area is 132 Å². The zero-order chi connectivity index (χ0) is 16.3. The molecule has 122 valence electrons. The van der Waals surface area contributed by atoms with Crippen LogP contribution in [0.5, 0.6) is 0 Å². The number of carbonyl (C=O) groups is 1. The molecule has 1 aliphatic heterocycles. The minimum absolute atomic E-state index is 0.233. The van der Waals surface area contributed by atoms with E-state index in [4.69, 9.17) is 4.74 Å². The second-order valence-electron chi connectivity index (χ2n) is 6.80. The summed E-state index contributed by atoms with van der Waals surface area (Å²) >= 11 is 0. The lowest BCUT2D eigenvalue weighted by Gasteiger charge is -2.38. The van der Waals surface area contributed by atoms with Crippen LogP contribution in [0, 0.1) is 6.92 Å². The summed E-state index contributed by atoms with van der Waals surface area (Å²) in [6, 6.07) is 0.233. The fraction of sp³-hybridized carbons (Fsp3) is 0.688. The van der Waals surface area contributed by atoms with Gasteiger partial charge in [0.25, 0.3) is 0 Å². The molecule has 0 spiro atoms. The van der Waals surface area contributed by atoms with E-state index in [0.29, 0.717) is 6.54 Å². The molecular weight excluding hydrogens is 280 g/mol. The molecule has 22 heavy (non-hydrogen) atoms. The molecule has 0 aliphatic carbocycles. The minimum Gasteiger partial charge on any atom is -0.444 e. The smallest absolute Gasteiger partial charge is 0.410 e. The summed E-state index contributed by atoms with van der Waals surface area (Å²) in [4.78, 5) is 24.9. The third-order valence-corrected chi connectivity index (χ3v) is 3.79. The van der Waals surface area contributed by atoms with Crippen molar-refractivity contribution in [2.45, 2.75) is 52.2 Å². The highest BCUT2D eigenvalue weighted by Gasteiger charge is 2.30. The van der Waals surface area contributed by atoms with Crippen molar-refractivity contribution in [2.75, 3.05) is 25.0 Å². The van der Waals surface area contributed by atoms with Gasteiger partial charge in [-0.05, 0) is 40.5 Å². The molecule has 1 atom stereocenters. The number of anilines is 1. The lowest BCUT2D eigenvalue weighted by molar-refractivity contribution is 0.0199. The second kappa shape index (κ2) is 6.50. The molecule has 1 aromatic rings. The maximum absolute atomic E-state index is 12.2. The highest BCUT2D eigenvalue weighted by Crippen LogP contribution is 2.22. The zero-order valence-corrected chi connectivity index (χ0v) is 14.2. The summed E-state index contributed by atoms with van der Waals surface area (Å²) in [5, 5.41) is 0. The Morgan fingerprint density at radius 1 is 1.36 bits per heavy atom. The minimum atomic E-state index is -0.461. The summed E-state index contributed by atoms with van der Waals surface area (Å²) in [7, 11) is 2.01. The van der Waals surface area contributed by atoms with E-state index in [9.17, 15) is 4.79 Å². The maximum atomic E-state index is 12.2. The Hall–Kier alpha value is -1.85. The van der Waals surface area contributed by atoms with Crippen LogP contribution in [0.2, 0.25) is 0 Å². The fourth-order valence-corrected chi connectivity index (χ4v) is 2.68. The standard InChI is InChI=1S/C16H26N4O2/c1-12-14(18-9-8-17-12)19(5)13-7-6-10-20(11-13)15(21)22-16(2,3)4/h8-9,13H,6-7,10-11H2,1-5H3. The summed E-state index contributed by atoms with van der Waals surface area (Å²) in [5.41, 5.74) is 0.441. The monoisotopic (exact) mass is 306 g/mol. The zero-order valence-electron chi connectivity index (χ0n) is 14.2. The highest BCUT2D eigenvalue weighted by atomic mass is 16.6. The van der Waals surface area contributed by atoms with Crippen molar-refractivity contribution in [3.63, 3.8) is 0 Å². The Balaban J connectivity index is 2.04. The van der Waals surface area contributed by atoms with Crippen molar-refractivity contribution >= 4 is 11.9 Å². The van der Waals surface area contributed by atoms with Gasteiger partial charge in [-0.3, -0.25) is 4.98 Å². The van der Waals surface area contributed by atoms with E-state index >= 15 is 0 Å². The molecular formula is C16H26N4O2. The van der Waals surface area contributed by atoms with Gasteiger partial charge in [-0.25, -0.2) is 9.78 Å². The molecule has 0 radical (unpaired) electrons. The molecule has 1 aromatic heterocycles. The molecule has 1 amide bonds. The lowest BCUT2D eigenvalue weighted by atomic mass is 10.0. The lowest BCUT2D eigenvalue weighted by Crippen LogP contribution is -2.50. The van der Waals surface area contributed by atoms with E-state index in [1.54, 1.807) is 17.3 Å². The van der Waals surface area contributed by atoms with Crippen LogP contribution < -0.4 is 4.90 Å². The number of likely N-dealkylation sites (N-methyl/N-ethyl adjacent to an activating group) is 1. The first-order chi connectivity index (χ1) is 10.3. The second-order valence-corrected chi connectivity index (χ2v) is 6.80. The van der Waals surface area contributed by atoms with Crippen LogP contribution in [0.4, 0.5) is 10.6 Å². The number of hydrogen-bond acceptors (Lipinski definition) is 5. The molecule has 0 N–H and O–H groups in total. The molecule has 1 unspecified atom stereocenters. The Kier molecular flexibility index (Phi) is 4.88. The van der Waals surface area contributed by atoms with Crippen molar-refractivity contribution in [1.29, 1.82) is 0 Å². The van der Waals surface area contributed by atoms with Crippen molar-refractivity contribution in [2.24, 2.45) is 0 Å². The first kappa shape index (κ1) is 16.5. The number of hydrogen-bond donors (Lipinski definition) is 0. The molecule has 2 rings (SSSR count). The third-order valence-electron chi connectivity index (χ3n) is 3.79. The Morgan fingerprint density at radius 3 is 2.68 bits per heavy atom. The van der Waals surface area contributed by atoms with Crippen LogP contribution in [0.15, 0.2) is 12.4 Å². The van der Waals surface area contributed by atoms with Gasteiger partial charge in [-0.1, -0.05) is 0 Å². The van der Waals surface area contributed by atoms with Gasteiger partial charge in [-0.15, -0.1) is 0 Å². The van der Waals surface area contributed by atoms with E-state index in [0.717, 1.165) is 30.9 Å². The van der Waals surface area contributed by atoms with Gasteiger partial charge in [0.15, 0.2) is 0 Å². The summed E-state index contributed by atoms with van der Waals surface area (Å²) in [6.07, 6.45) is 5.16. The van der Waals surface area contributed by atoms with Crippen LogP contribution in [-0.2, 0) is 4.74 Å². The Bertz CT molecular complexity index is 527. The van der Waals surface area contributed by atoms with Gasteiger partial charge in [0.1, 0.15) is 11.4 Å². The van der Waals surface area contributed by atoms with Crippen LogP contribution in [0.3, 0.4) is 0 Å². The average molecular weight is 306 g/mol. The van der Waals surface area contributed by atoms with Crippen LogP contribution >= 0.6 is 0 Å². The topological polar surface area (TPSA) is 58.6 Å². The van der Waals surface area contributed by atoms with Crippen molar-refractivity contribution < 1.29 is 9.53 Å². The van der Waals surface area contributed by atoms with E-state index in [1.165, 1.54) is 0 Å². The number of rotatable bonds is 2. The number of ether oxygens (including phenoxy) is 1. The molecule has 6 heteroatoms. The predicted molar refractivity (Wildman–Crippen MR) is 86.0 cm³/mol. The molecule has 0 bridgehead atoms. The molecule has 2 heterocycles. The molecule has 6 nitrogen and oxygen atoms in total. The summed E-state index contributed by atoms with van der Waals surface area (Å²) in [6.45, 7) is 9.03. The van der Waals surface area contributed by atoms with Crippen molar-refractivity contribution in [1.82, 2.24) is 14.9 Å². The maximum Gasteiger partial charge on any atom is 0.410 e. The largest absolute Gasteiger partial charge is 0.444 e. The predicted octanol–water partition coefficient (Wildman–Crippen LogP) is 2.62. The first-order valence-electron chi connectivity index (χ1n) is 7.76. The quantitative estimate of drug-likeness (QED) is 0.840. The molecule has 1 aliphatic rings. The van der Waals surface area contributed by atoms with Gasteiger partial charge in [0.05, 0.1) is 5.69 Å². The number of likely N-dealkylation sites (tertiary alicyclic amines) is 1. The van der Waals surface area contributed by atoms with Gasteiger partial charge in [-0.2, -0.15) is 0 Å². The van der Waals surface area contributed by atoms with Crippen LogP contribution in [-0.4, -0.2) is 52.7 Å². The van der Waals surface area contributed by atoms with Crippen molar-refractivity contribution in [3.05, 3.63) is 18.1 Å². The number of carbonyl (C=O) groups excluding carboxylic acids is 1.